The third-order valence-electron chi connectivity index (χ3n) is 4.63. The van der Waals surface area contributed by atoms with Crippen molar-refractivity contribution in [3.05, 3.63) is 69.8 Å². The van der Waals surface area contributed by atoms with Gasteiger partial charge in [0.1, 0.15) is 5.25 Å². The van der Waals surface area contributed by atoms with Crippen LogP contribution in [-0.4, -0.2) is 35.9 Å². The summed E-state index contributed by atoms with van der Waals surface area (Å²) in [6.07, 6.45) is 0.687. The molecule has 0 bridgehead atoms. The number of sulfone groups is 1. The van der Waals surface area contributed by atoms with E-state index in [2.05, 4.69) is 0 Å². The number of benzene rings is 2. The summed E-state index contributed by atoms with van der Waals surface area (Å²) in [6, 6.07) is 12.4. The molecule has 1 atom stereocenters. The number of nitro groups is 1. The number of rotatable bonds is 4. The van der Waals surface area contributed by atoms with Gasteiger partial charge in [0.2, 0.25) is 5.91 Å². The largest absolute Gasteiger partial charge is 0.337 e. The highest BCUT2D eigenvalue weighted by molar-refractivity contribution is 7.92. The van der Waals surface area contributed by atoms with Crippen LogP contribution < -0.4 is 0 Å². The van der Waals surface area contributed by atoms with E-state index in [0.717, 1.165) is 17.7 Å². The highest BCUT2D eigenvalue weighted by Crippen LogP contribution is 2.24. The van der Waals surface area contributed by atoms with Gasteiger partial charge in [-0.25, -0.2) is 8.42 Å². The van der Waals surface area contributed by atoms with E-state index >= 15 is 0 Å². The zero-order chi connectivity index (χ0) is 18.9. The number of hydrogen-bond acceptors (Lipinski definition) is 5. The van der Waals surface area contributed by atoms with Crippen molar-refractivity contribution in [1.29, 1.82) is 0 Å². The van der Waals surface area contributed by atoms with Crippen LogP contribution in [0.1, 0.15) is 18.1 Å². The van der Waals surface area contributed by atoms with Crippen molar-refractivity contribution in [2.75, 3.05) is 6.54 Å². The standard InChI is InChI=1S/C18H18N2O5S/c1-13(26(24,25)17-8-6-16(7-9-17)20(22)23)18(21)19-11-10-14-4-2-3-5-15(14)12-19/h2-9,13H,10-12H2,1H3/t13-/m0/s1. The summed E-state index contributed by atoms with van der Waals surface area (Å²) in [6.45, 7) is 2.21. The molecule has 8 heteroatoms. The van der Waals surface area contributed by atoms with Gasteiger partial charge in [-0.2, -0.15) is 0 Å². The fraction of sp³-hybridized carbons (Fsp3) is 0.278. The van der Waals surface area contributed by atoms with Crippen LogP contribution in [0.4, 0.5) is 5.69 Å². The summed E-state index contributed by atoms with van der Waals surface area (Å²) < 4.78 is 25.5. The van der Waals surface area contributed by atoms with Gasteiger partial charge in [0.15, 0.2) is 9.84 Å². The number of non-ortho nitro benzene ring substituents is 1. The lowest BCUT2D eigenvalue weighted by molar-refractivity contribution is -0.384. The minimum Gasteiger partial charge on any atom is -0.337 e. The highest BCUT2D eigenvalue weighted by atomic mass is 32.2. The number of amides is 1. The molecule has 0 saturated carbocycles. The molecule has 0 spiro atoms. The summed E-state index contributed by atoms with van der Waals surface area (Å²) in [5.74, 6) is -0.460. The van der Waals surface area contributed by atoms with Crippen molar-refractivity contribution in [2.24, 2.45) is 0 Å². The summed E-state index contributed by atoms with van der Waals surface area (Å²) in [7, 11) is -3.92. The van der Waals surface area contributed by atoms with Crippen LogP contribution in [0, 0.1) is 10.1 Å². The predicted octanol–water partition coefficient (Wildman–Crippen LogP) is 2.34. The zero-order valence-corrected chi connectivity index (χ0v) is 15.0. The molecule has 1 amide bonds. The van der Waals surface area contributed by atoms with Crippen molar-refractivity contribution in [1.82, 2.24) is 4.90 Å². The summed E-state index contributed by atoms with van der Waals surface area (Å²) in [5, 5.41) is 9.45. The monoisotopic (exact) mass is 374 g/mol. The quantitative estimate of drug-likeness (QED) is 0.604. The molecule has 3 rings (SSSR count). The van der Waals surface area contributed by atoms with Gasteiger partial charge in [0, 0.05) is 25.2 Å². The van der Waals surface area contributed by atoms with Gasteiger partial charge >= 0.3 is 0 Å². The second kappa shape index (κ2) is 6.87. The van der Waals surface area contributed by atoms with Crippen LogP contribution in [-0.2, 0) is 27.6 Å². The van der Waals surface area contributed by atoms with Crippen molar-refractivity contribution < 1.29 is 18.1 Å². The van der Waals surface area contributed by atoms with Crippen LogP contribution >= 0.6 is 0 Å². The fourth-order valence-electron chi connectivity index (χ4n) is 3.04. The molecule has 0 N–H and O–H groups in total. The van der Waals surface area contributed by atoms with E-state index in [1.165, 1.54) is 24.6 Å². The number of carbonyl (C=O) groups excluding carboxylic acids is 1. The molecule has 136 valence electrons. The maximum atomic E-state index is 12.7. The number of hydrogen-bond donors (Lipinski definition) is 0. The molecule has 2 aromatic rings. The average Bonchev–Trinajstić information content (AvgIpc) is 2.66. The van der Waals surface area contributed by atoms with Gasteiger partial charge in [-0.1, -0.05) is 24.3 Å². The summed E-state index contributed by atoms with van der Waals surface area (Å²) in [5.41, 5.74) is 1.99. The van der Waals surface area contributed by atoms with Crippen LogP contribution in [0.5, 0.6) is 0 Å². The van der Waals surface area contributed by atoms with Gasteiger partial charge < -0.3 is 4.90 Å². The van der Waals surface area contributed by atoms with Gasteiger partial charge in [-0.15, -0.1) is 0 Å². The highest BCUT2D eigenvalue weighted by Gasteiger charge is 2.34. The molecule has 1 aliphatic heterocycles. The molecule has 0 aromatic heterocycles. The number of carbonyl (C=O) groups is 1. The Balaban J connectivity index is 1.80. The van der Waals surface area contributed by atoms with Crippen LogP contribution in [0.3, 0.4) is 0 Å². The first-order valence-corrected chi connectivity index (χ1v) is 9.69. The molecule has 2 aromatic carbocycles. The molecule has 1 aliphatic rings. The third kappa shape index (κ3) is 3.32. The summed E-state index contributed by atoms with van der Waals surface area (Å²) >= 11 is 0. The third-order valence-corrected chi connectivity index (χ3v) is 6.69. The van der Waals surface area contributed by atoms with Gasteiger partial charge in [-0.05, 0) is 36.6 Å². The average molecular weight is 374 g/mol. The molecule has 0 fully saturated rings. The molecule has 26 heavy (non-hydrogen) atoms. The second-order valence-corrected chi connectivity index (χ2v) is 8.49. The Bertz CT molecular complexity index is 954. The first kappa shape index (κ1) is 18.1. The van der Waals surface area contributed by atoms with E-state index in [1.807, 2.05) is 24.3 Å². The SMILES string of the molecule is C[C@@H](C(=O)N1CCc2ccccc2C1)S(=O)(=O)c1ccc([N+](=O)[O-])cc1. The molecule has 0 aliphatic carbocycles. The lowest BCUT2D eigenvalue weighted by Crippen LogP contribution is -2.43. The Morgan fingerprint density at radius 1 is 1.12 bits per heavy atom. The van der Waals surface area contributed by atoms with E-state index in [4.69, 9.17) is 0 Å². The van der Waals surface area contributed by atoms with Gasteiger partial charge in [-0.3, -0.25) is 14.9 Å². The number of nitrogens with zero attached hydrogens (tertiary/aromatic N) is 2. The maximum absolute atomic E-state index is 12.7. The number of fused-ring (bicyclic) bond motifs is 1. The first-order valence-electron chi connectivity index (χ1n) is 8.14. The lowest BCUT2D eigenvalue weighted by Gasteiger charge is -2.30. The van der Waals surface area contributed by atoms with Crippen LogP contribution in [0.25, 0.3) is 0 Å². The van der Waals surface area contributed by atoms with Crippen molar-refractivity contribution in [2.45, 2.75) is 30.0 Å². The Labute approximate surface area is 151 Å². The molecule has 0 saturated heterocycles. The Morgan fingerprint density at radius 3 is 2.35 bits per heavy atom. The Kier molecular flexibility index (Phi) is 4.78. The van der Waals surface area contributed by atoms with E-state index in [9.17, 15) is 23.3 Å². The van der Waals surface area contributed by atoms with E-state index in [0.29, 0.717) is 19.5 Å². The Morgan fingerprint density at radius 2 is 1.73 bits per heavy atom. The predicted molar refractivity (Wildman–Crippen MR) is 95.3 cm³/mol. The molecule has 0 radical (unpaired) electrons. The summed E-state index contributed by atoms with van der Waals surface area (Å²) in [4.78, 5) is 24.3. The van der Waals surface area contributed by atoms with Crippen molar-refractivity contribution >= 4 is 21.4 Å². The maximum Gasteiger partial charge on any atom is 0.269 e. The molecule has 0 unspecified atom stereocenters. The van der Waals surface area contributed by atoms with Crippen LogP contribution in [0.15, 0.2) is 53.4 Å². The van der Waals surface area contributed by atoms with Gasteiger partial charge in [0.05, 0.1) is 9.82 Å². The smallest absolute Gasteiger partial charge is 0.269 e. The lowest BCUT2D eigenvalue weighted by atomic mass is 10.00. The second-order valence-electron chi connectivity index (χ2n) is 6.22. The minimum atomic E-state index is -3.92. The fourth-order valence-corrected chi connectivity index (χ4v) is 4.37. The topological polar surface area (TPSA) is 97.6 Å². The van der Waals surface area contributed by atoms with Crippen molar-refractivity contribution in [3.8, 4) is 0 Å². The molecule has 7 nitrogen and oxygen atoms in total. The zero-order valence-electron chi connectivity index (χ0n) is 14.2. The minimum absolute atomic E-state index is 0.0960. The normalized spacial score (nSPS) is 15.2. The molecule has 1 heterocycles. The number of nitro benzene ring substituents is 1. The molecular formula is C18H18N2O5S. The van der Waals surface area contributed by atoms with Crippen molar-refractivity contribution in [3.63, 3.8) is 0 Å². The molecular weight excluding hydrogens is 356 g/mol. The van der Waals surface area contributed by atoms with E-state index in [-0.39, 0.29) is 10.6 Å². The van der Waals surface area contributed by atoms with Gasteiger partial charge in [0.25, 0.3) is 5.69 Å². The van der Waals surface area contributed by atoms with E-state index < -0.39 is 25.9 Å². The van der Waals surface area contributed by atoms with E-state index in [1.54, 1.807) is 4.90 Å². The Hall–Kier alpha value is -2.74. The van der Waals surface area contributed by atoms with Crippen LogP contribution in [0.2, 0.25) is 0 Å². The first-order chi connectivity index (χ1) is 12.3.